The summed E-state index contributed by atoms with van der Waals surface area (Å²) in [6.07, 6.45) is 2.98. The molecule has 1 atom stereocenters. The average Bonchev–Trinajstić information content (AvgIpc) is 2.96. The summed E-state index contributed by atoms with van der Waals surface area (Å²) < 4.78 is 4.24. The van der Waals surface area contributed by atoms with Crippen LogP contribution < -0.4 is 11.2 Å². The van der Waals surface area contributed by atoms with Gasteiger partial charge in [0.2, 0.25) is 0 Å². The molecule has 0 bridgehead atoms. The maximum atomic E-state index is 12.6. The fourth-order valence-corrected chi connectivity index (χ4v) is 2.76. The molecule has 0 fully saturated rings. The van der Waals surface area contributed by atoms with Gasteiger partial charge in [-0.2, -0.15) is 0 Å². The predicted molar refractivity (Wildman–Crippen MR) is 85.6 cm³/mol. The van der Waals surface area contributed by atoms with Crippen molar-refractivity contribution < 1.29 is 9.90 Å². The van der Waals surface area contributed by atoms with Gasteiger partial charge in [-0.3, -0.25) is 18.7 Å². The van der Waals surface area contributed by atoms with E-state index in [1.807, 2.05) is 13.8 Å². The van der Waals surface area contributed by atoms with Gasteiger partial charge in [0, 0.05) is 20.1 Å². The number of carboxylic acid groups (broad SMARTS) is 1. The van der Waals surface area contributed by atoms with E-state index < -0.39 is 17.6 Å². The minimum Gasteiger partial charge on any atom is -0.481 e. The Hall–Kier alpha value is -2.38. The van der Waals surface area contributed by atoms with Crippen LogP contribution in [-0.2, 0) is 24.9 Å². The Morgan fingerprint density at radius 3 is 2.61 bits per heavy atom. The summed E-state index contributed by atoms with van der Waals surface area (Å²) >= 11 is 0. The highest BCUT2D eigenvalue weighted by atomic mass is 16.4. The summed E-state index contributed by atoms with van der Waals surface area (Å²) in [4.78, 5) is 40.1. The molecular weight excluding hydrogens is 300 g/mol. The van der Waals surface area contributed by atoms with Crippen LogP contribution in [0.4, 0.5) is 0 Å². The number of aromatic nitrogens is 4. The van der Waals surface area contributed by atoms with Crippen molar-refractivity contribution in [3.05, 3.63) is 27.2 Å². The second-order valence-electron chi connectivity index (χ2n) is 5.59. The van der Waals surface area contributed by atoms with Gasteiger partial charge in [-0.15, -0.1) is 0 Å². The van der Waals surface area contributed by atoms with Gasteiger partial charge in [0.1, 0.15) is 0 Å². The van der Waals surface area contributed by atoms with Crippen molar-refractivity contribution in [2.45, 2.75) is 46.2 Å². The highest BCUT2D eigenvalue weighted by molar-refractivity contribution is 5.70. The molecule has 0 saturated heterocycles. The molecule has 1 N–H and O–H groups in total. The molecule has 2 heterocycles. The van der Waals surface area contributed by atoms with Crippen LogP contribution in [0.15, 0.2) is 15.9 Å². The number of aliphatic carboxylic acids is 1. The van der Waals surface area contributed by atoms with E-state index in [0.717, 1.165) is 0 Å². The summed E-state index contributed by atoms with van der Waals surface area (Å²) in [6.45, 7) is 4.51. The number of imidazole rings is 1. The lowest BCUT2D eigenvalue weighted by atomic mass is 10.0. The molecule has 8 heteroatoms. The van der Waals surface area contributed by atoms with E-state index in [4.69, 9.17) is 5.11 Å². The van der Waals surface area contributed by atoms with Crippen LogP contribution in [0.1, 0.15) is 33.1 Å². The van der Waals surface area contributed by atoms with Gasteiger partial charge in [0.25, 0.3) is 5.56 Å². The summed E-state index contributed by atoms with van der Waals surface area (Å²) in [5.74, 6) is -1.29. The van der Waals surface area contributed by atoms with Gasteiger partial charge >= 0.3 is 11.7 Å². The minimum atomic E-state index is -0.840. The van der Waals surface area contributed by atoms with Crippen LogP contribution in [0, 0.1) is 5.92 Å². The highest BCUT2D eigenvalue weighted by Crippen LogP contribution is 2.12. The number of fused-ring (bicyclic) bond motifs is 1. The third kappa shape index (κ3) is 3.06. The first-order valence-corrected chi connectivity index (χ1v) is 7.79. The van der Waals surface area contributed by atoms with Gasteiger partial charge in [-0.25, -0.2) is 9.78 Å². The summed E-state index contributed by atoms with van der Waals surface area (Å²) in [7, 11) is 1.58. The Kier molecular flexibility index (Phi) is 5.02. The van der Waals surface area contributed by atoms with Gasteiger partial charge in [0.15, 0.2) is 11.2 Å². The molecule has 2 aromatic heterocycles. The van der Waals surface area contributed by atoms with E-state index in [9.17, 15) is 14.4 Å². The molecule has 0 saturated carbocycles. The fraction of sp³-hybridized carbons (Fsp3) is 0.600. The Balaban J connectivity index is 2.36. The quantitative estimate of drug-likeness (QED) is 0.813. The summed E-state index contributed by atoms with van der Waals surface area (Å²) in [5.41, 5.74) is -0.0204. The van der Waals surface area contributed by atoms with E-state index >= 15 is 0 Å². The zero-order chi connectivity index (χ0) is 17.1. The number of hydrogen-bond donors (Lipinski definition) is 1. The Labute approximate surface area is 133 Å². The Morgan fingerprint density at radius 2 is 2.04 bits per heavy atom. The van der Waals surface area contributed by atoms with Crippen molar-refractivity contribution in [1.29, 1.82) is 0 Å². The van der Waals surface area contributed by atoms with Crippen molar-refractivity contribution in [1.82, 2.24) is 18.7 Å². The highest BCUT2D eigenvalue weighted by Gasteiger charge is 2.17. The van der Waals surface area contributed by atoms with E-state index in [1.165, 1.54) is 9.13 Å². The van der Waals surface area contributed by atoms with E-state index in [1.54, 1.807) is 17.9 Å². The number of hydrogen-bond acceptors (Lipinski definition) is 4. The van der Waals surface area contributed by atoms with Crippen molar-refractivity contribution in [3.8, 4) is 0 Å². The third-order valence-electron chi connectivity index (χ3n) is 4.22. The van der Waals surface area contributed by atoms with Gasteiger partial charge < -0.3 is 9.67 Å². The number of carbonyl (C=O) groups is 1. The van der Waals surface area contributed by atoms with Crippen LogP contribution in [0.2, 0.25) is 0 Å². The second-order valence-corrected chi connectivity index (χ2v) is 5.59. The van der Waals surface area contributed by atoms with Crippen LogP contribution in [0.3, 0.4) is 0 Å². The Morgan fingerprint density at radius 1 is 1.35 bits per heavy atom. The number of rotatable bonds is 7. The van der Waals surface area contributed by atoms with Gasteiger partial charge in [0.05, 0.1) is 12.2 Å². The SMILES string of the molecule is CCC(CCCn1c(=O)c2c(ncn2CC)n(C)c1=O)C(=O)O. The number of aryl methyl sites for hydroxylation is 2. The zero-order valence-corrected chi connectivity index (χ0v) is 13.7. The molecular formula is C15H22N4O4. The molecule has 2 aromatic rings. The van der Waals surface area contributed by atoms with Crippen LogP contribution >= 0.6 is 0 Å². The van der Waals surface area contributed by atoms with Gasteiger partial charge in [-0.05, 0) is 26.2 Å². The molecule has 8 nitrogen and oxygen atoms in total. The van der Waals surface area contributed by atoms with Crippen LogP contribution in [0.25, 0.3) is 11.2 Å². The topological polar surface area (TPSA) is 99.1 Å². The first-order chi connectivity index (χ1) is 10.9. The smallest absolute Gasteiger partial charge is 0.332 e. The third-order valence-corrected chi connectivity index (χ3v) is 4.22. The Bertz CT molecular complexity index is 830. The molecule has 0 aliphatic rings. The molecule has 2 rings (SSSR count). The standard InChI is InChI=1S/C15H22N4O4/c1-4-10(14(21)22)7-6-8-19-13(20)11-12(17(3)15(19)23)16-9-18(11)5-2/h9-10H,4-8H2,1-3H3,(H,21,22). The van der Waals surface area contributed by atoms with Crippen molar-refractivity contribution in [2.24, 2.45) is 13.0 Å². The number of nitrogens with zero attached hydrogens (tertiary/aromatic N) is 4. The predicted octanol–water partition coefficient (Wildman–Crippen LogP) is 0.808. The van der Waals surface area contributed by atoms with E-state index in [0.29, 0.717) is 37.0 Å². The van der Waals surface area contributed by atoms with Crippen LogP contribution in [-0.4, -0.2) is 29.8 Å². The maximum absolute atomic E-state index is 12.6. The van der Waals surface area contributed by atoms with Crippen molar-refractivity contribution in [2.75, 3.05) is 0 Å². The normalized spacial score (nSPS) is 12.7. The second kappa shape index (κ2) is 6.80. The molecule has 126 valence electrons. The molecule has 1 unspecified atom stereocenters. The first-order valence-electron chi connectivity index (χ1n) is 7.79. The molecule has 0 amide bonds. The zero-order valence-electron chi connectivity index (χ0n) is 13.7. The molecule has 0 radical (unpaired) electrons. The van der Waals surface area contributed by atoms with Gasteiger partial charge in [-0.1, -0.05) is 6.92 Å². The molecule has 23 heavy (non-hydrogen) atoms. The average molecular weight is 322 g/mol. The van der Waals surface area contributed by atoms with Crippen LogP contribution in [0.5, 0.6) is 0 Å². The lowest BCUT2D eigenvalue weighted by molar-refractivity contribution is -0.142. The first kappa shape index (κ1) is 17.0. The fourth-order valence-electron chi connectivity index (χ4n) is 2.76. The lowest BCUT2D eigenvalue weighted by Crippen LogP contribution is -2.39. The molecule has 0 spiro atoms. The largest absolute Gasteiger partial charge is 0.481 e. The number of carboxylic acids is 1. The maximum Gasteiger partial charge on any atom is 0.332 e. The van der Waals surface area contributed by atoms with Crippen molar-refractivity contribution >= 4 is 17.1 Å². The molecule has 0 aliphatic carbocycles. The molecule has 0 aromatic carbocycles. The summed E-state index contributed by atoms with van der Waals surface area (Å²) in [5, 5.41) is 9.06. The van der Waals surface area contributed by atoms with E-state index in [2.05, 4.69) is 4.98 Å². The molecule has 0 aliphatic heterocycles. The summed E-state index contributed by atoms with van der Waals surface area (Å²) in [6, 6.07) is 0. The monoisotopic (exact) mass is 322 g/mol. The lowest BCUT2D eigenvalue weighted by Gasteiger charge is -2.11. The van der Waals surface area contributed by atoms with E-state index in [-0.39, 0.29) is 12.1 Å². The van der Waals surface area contributed by atoms with Crippen molar-refractivity contribution in [3.63, 3.8) is 0 Å². The minimum absolute atomic E-state index is 0.208.